The maximum Gasteiger partial charge on any atom is 4.00 e. The molecule has 1 N–H and O–H groups in total. The van der Waals surface area contributed by atoms with Crippen LogP contribution >= 0.6 is 0 Å². The molecule has 0 atom stereocenters. The van der Waals surface area contributed by atoms with Crippen molar-refractivity contribution in [1.82, 2.24) is 0 Å². The molecule has 0 saturated heterocycles. The largest absolute Gasteiger partial charge is 4.00 e. The van der Waals surface area contributed by atoms with Crippen molar-refractivity contribution in [2.24, 2.45) is 0 Å². The first-order valence-corrected chi connectivity index (χ1v) is 19.0. The summed E-state index contributed by atoms with van der Waals surface area (Å²) in [7, 11) is 0. The van der Waals surface area contributed by atoms with Crippen molar-refractivity contribution in [2.75, 3.05) is 0 Å². The molecule has 1 rings (SSSR count). The molecule has 0 bridgehead atoms. The molecule has 0 heterocycles. The van der Waals surface area contributed by atoms with Crippen LogP contribution in [0.15, 0.2) is 30.3 Å². The van der Waals surface area contributed by atoms with Crippen LogP contribution in [0.1, 0.15) is 207 Å². The average Bonchev–Trinajstić information content (AvgIpc) is 3.03. The van der Waals surface area contributed by atoms with Crippen molar-refractivity contribution in [1.29, 1.82) is 0 Å². The third-order valence-electron chi connectivity index (χ3n) is 7.17. The molecule has 0 spiro atoms. The van der Waals surface area contributed by atoms with Crippen molar-refractivity contribution in [3.63, 3.8) is 0 Å². The second-order valence-corrected chi connectivity index (χ2v) is 11.8. The first-order valence-electron chi connectivity index (χ1n) is 19.0. The summed E-state index contributed by atoms with van der Waals surface area (Å²) in [6.45, 7) is 24.2. The number of para-hydroxylation sites is 1. The van der Waals surface area contributed by atoms with Crippen molar-refractivity contribution in [3.8, 4) is 5.75 Å². The summed E-state index contributed by atoms with van der Waals surface area (Å²) in [5.41, 5.74) is 0. The molecule has 0 aliphatic rings. The van der Waals surface area contributed by atoms with Crippen molar-refractivity contribution in [2.45, 2.75) is 207 Å². The van der Waals surface area contributed by atoms with Gasteiger partial charge in [0.05, 0.1) is 0 Å². The normalized spacial score (nSPS) is 9.55. The molecular formula is C42H82OTi. The van der Waals surface area contributed by atoms with Gasteiger partial charge in [0.25, 0.3) is 0 Å². The van der Waals surface area contributed by atoms with Gasteiger partial charge in [0, 0.05) is 0 Å². The van der Waals surface area contributed by atoms with Crippen LogP contribution < -0.4 is 0 Å². The molecule has 2 heteroatoms. The zero-order valence-corrected chi connectivity index (χ0v) is 32.5. The zero-order chi connectivity index (χ0) is 32.9. The van der Waals surface area contributed by atoms with E-state index in [0.717, 1.165) is 25.7 Å². The molecule has 1 aromatic carbocycles. The number of unbranched alkanes of at least 4 members (excludes halogenated alkanes) is 24. The van der Waals surface area contributed by atoms with Crippen LogP contribution in [-0.4, -0.2) is 5.11 Å². The Labute approximate surface area is 296 Å². The third-order valence-corrected chi connectivity index (χ3v) is 7.17. The van der Waals surface area contributed by atoms with Crippen molar-refractivity contribution in [3.05, 3.63) is 58.0 Å². The standard InChI is InChI=1S/4C9H19.C6H6O.Ti/c4*1-3-5-7-9-8-6-4-2;7-6-4-2-1-3-5-6;/h4*1,3-9H2,2H3;1-5,7H;/q4*-1;;+4. The second-order valence-electron chi connectivity index (χ2n) is 11.8. The Hall–Kier alpha value is -0.266. The molecular weight excluding hydrogens is 568 g/mol. The van der Waals surface area contributed by atoms with Crippen molar-refractivity contribution < 1.29 is 26.8 Å². The van der Waals surface area contributed by atoms with Gasteiger partial charge in [0.1, 0.15) is 5.75 Å². The summed E-state index contributed by atoms with van der Waals surface area (Å²) in [6, 6.07) is 8.71. The van der Waals surface area contributed by atoms with Crippen LogP contribution in [0, 0.1) is 27.7 Å². The molecule has 44 heavy (non-hydrogen) atoms. The fourth-order valence-corrected chi connectivity index (χ4v) is 4.26. The van der Waals surface area contributed by atoms with Crippen LogP contribution in [0.5, 0.6) is 5.75 Å². The number of rotatable bonds is 24. The average molecular weight is 651 g/mol. The molecule has 1 aromatic rings. The third kappa shape index (κ3) is 68.8. The van der Waals surface area contributed by atoms with E-state index in [0.29, 0.717) is 5.75 Å². The molecule has 0 saturated carbocycles. The number of phenols is 1. The van der Waals surface area contributed by atoms with Gasteiger partial charge in [-0.15, -0.1) is 0 Å². The summed E-state index contributed by atoms with van der Waals surface area (Å²) in [4.78, 5) is 0. The van der Waals surface area contributed by atoms with E-state index in [2.05, 4.69) is 55.4 Å². The molecule has 0 aliphatic carbocycles. The number of hydrogen-bond donors (Lipinski definition) is 1. The minimum absolute atomic E-state index is 0. The molecule has 0 unspecified atom stereocenters. The number of hydrogen-bond acceptors (Lipinski definition) is 1. The number of aromatic hydroxyl groups is 1. The van der Waals surface area contributed by atoms with Crippen LogP contribution in [0.3, 0.4) is 0 Å². The predicted molar refractivity (Wildman–Crippen MR) is 202 cm³/mol. The van der Waals surface area contributed by atoms with Crippen LogP contribution in [-0.2, 0) is 21.7 Å². The summed E-state index contributed by atoms with van der Waals surface area (Å²) in [5, 5.41) is 8.63. The zero-order valence-electron chi connectivity index (χ0n) is 31.0. The molecule has 1 nitrogen and oxygen atoms in total. The molecule has 0 aromatic heterocycles. The first-order chi connectivity index (χ1) is 21.1. The smallest absolute Gasteiger partial charge is 0.508 e. The SMILES string of the molecule is Oc1ccccc1.[CH2-]CCCCCCCC.[CH2-]CCCCCCCC.[CH2-]CCCCCCCC.[CH2-]CCCCCCCC.[Ti+4]. The summed E-state index contributed by atoms with van der Waals surface area (Å²) in [5.74, 6) is 0.322. The Balaban J connectivity index is -0.000000143. The number of benzene rings is 1. The van der Waals surface area contributed by atoms with E-state index in [4.69, 9.17) is 5.11 Å². The van der Waals surface area contributed by atoms with Gasteiger partial charge >= 0.3 is 21.7 Å². The Morgan fingerprint density at radius 2 is 0.568 bits per heavy atom. The van der Waals surface area contributed by atoms with Gasteiger partial charge in [-0.3, -0.25) is 0 Å². The van der Waals surface area contributed by atoms with E-state index in [1.807, 2.05) is 6.07 Å². The summed E-state index contributed by atoms with van der Waals surface area (Å²) in [6.07, 6.45) is 37.8. The van der Waals surface area contributed by atoms with Gasteiger partial charge in [0.2, 0.25) is 0 Å². The van der Waals surface area contributed by atoms with Gasteiger partial charge in [0.15, 0.2) is 0 Å². The molecule has 0 radical (unpaired) electrons. The van der Waals surface area contributed by atoms with E-state index in [1.165, 1.54) is 154 Å². The van der Waals surface area contributed by atoms with E-state index < -0.39 is 0 Å². The molecule has 0 amide bonds. The van der Waals surface area contributed by atoms with Gasteiger partial charge < -0.3 is 32.8 Å². The second kappa shape index (κ2) is 58.3. The van der Waals surface area contributed by atoms with Gasteiger partial charge in [-0.2, -0.15) is 25.7 Å². The van der Waals surface area contributed by atoms with Crippen LogP contribution in [0.25, 0.3) is 0 Å². The molecule has 0 fully saturated rings. The summed E-state index contributed by atoms with van der Waals surface area (Å²) >= 11 is 0. The predicted octanol–water partition coefficient (Wildman–Crippen LogP) is 15.7. The summed E-state index contributed by atoms with van der Waals surface area (Å²) < 4.78 is 0. The topological polar surface area (TPSA) is 20.2 Å². The Morgan fingerprint density at radius 1 is 0.364 bits per heavy atom. The van der Waals surface area contributed by atoms with E-state index in [9.17, 15) is 0 Å². The fourth-order valence-electron chi connectivity index (χ4n) is 4.26. The first kappa shape index (κ1) is 53.2. The maximum atomic E-state index is 8.63. The minimum Gasteiger partial charge on any atom is -0.508 e. The Bertz CT molecular complexity index is 424. The fraction of sp³-hybridized carbons (Fsp3) is 0.762. The van der Waals surface area contributed by atoms with E-state index in [-0.39, 0.29) is 21.7 Å². The maximum absolute atomic E-state index is 8.63. The van der Waals surface area contributed by atoms with Crippen LogP contribution in [0.2, 0.25) is 0 Å². The van der Waals surface area contributed by atoms with Crippen LogP contribution in [0.4, 0.5) is 0 Å². The minimum atomic E-state index is 0. The van der Waals surface area contributed by atoms with Gasteiger partial charge in [-0.1, -0.05) is 200 Å². The quantitative estimate of drug-likeness (QED) is 0.0670. The van der Waals surface area contributed by atoms with E-state index in [1.54, 1.807) is 24.3 Å². The Kier molecular flexibility index (Phi) is 70.5. The molecule has 260 valence electrons. The monoisotopic (exact) mass is 651 g/mol. The Morgan fingerprint density at radius 3 is 0.727 bits per heavy atom. The van der Waals surface area contributed by atoms with Gasteiger partial charge in [-0.25, -0.2) is 0 Å². The van der Waals surface area contributed by atoms with E-state index >= 15 is 0 Å². The van der Waals surface area contributed by atoms with Crippen molar-refractivity contribution >= 4 is 0 Å². The molecule has 0 aliphatic heterocycles. The van der Waals surface area contributed by atoms with Gasteiger partial charge in [-0.05, 0) is 12.1 Å². The number of phenolic OH excluding ortho intramolecular Hbond substituents is 1.